The highest BCUT2D eigenvalue weighted by molar-refractivity contribution is 6.07. The summed E-state index contributed by atoms with van der Waals surface area (Å²) in [5.74, 6) is -0.0793. The maximum Gasteiger partial charge on any atom is 0.325 e. The van der Waals surface area contributed by atoms with Crippen molar-refractivity contribution in [3.8, 4) is 0 Å². The number of hydrogen-bond donors (Lipinski definition) is 2. The van der Waals surface area contributed by atoms with E-state index in [0.29, 0.717) is 26.1 Å². The van der Waals surface area contributed by atoms with E-state index in [-0.39, 0.29) is 11.9 Å². The minimum absolute atomic E-state index is 0.0793. The molecule has 1 atom stereocenters. The van der Waals surface area contributed by atoms with Gasteiger partial charge < -0.3 is 15.5 Å². The quantitative estimate of drug-likeness (QED) is 0.595. The minimum Gasteiger partial charge on any atom is -0.322 e. The standard InChI is InChI=1S/C10H18N4O2/c1-13(2)5-6-14-8(15)10(12-9(14)16)3-4-11-7-10/h11H,3-7H2,1-2H3,(H,12,16). The summed E-state index contributed by atoms with van der Waals surface area (Å²) in [6.45, 7) is 2.49. The second-order valence-electron chi connectivity index (χ2n) is 4.70. The summed E-state index contributed by atoms with van der Waals surface area (Å²) >= 11 is 0. The average Bonchev–Trinajstić information content (AvgIpc) is 2.74. The van der Waals surface area contributed by atoms with Crippen molar-refractivity contribution in [2.75, 3.05) is 40.3 Å². The van der Waals surface area contributed by atoms with Crippen LogP contribution in [0.3, 0.4) is 0 Å². The van der Waals surface area contributed by atoms with E-state index in [2.05, 4.69) is 10.6 Å². The van der Waals surface area contributed by atoms with Crippen molar-refractivity contribution < 1.29 is 9.59 Å². The van der Waals surface area contributed by atoms with Gasteiger partial charge in [0.25, 0.3) is 5.91 Å². The van der Waals surface area contributed by atoms with E-state index in [9.17, 15) is 9.59 Å². The normalized spacial score (nSPS) is 29.6. The van der Waals surface area contributed by atoms with Crippen LogP contribution in [0.2, 0.25) is 0 Å². The summed E-state index contributed by atoms with van der Waals surface area (Å²) in [6.07, 6.45) is 0.691. The first kappa shape index (κ1) is 11.3. The van der Waals surface area contributed by atoms with E-state index in [4.69, 9.17) is 0 Å². The fraction of sp³-hybridized carbons (Fsp3) is 0.800. The first-order chi connectivity index (χ1) is 7.55. The second-order valence-corrected chi connectivity index (χ2v) is 4.70. The number of imide groups is 1. The molecule has 1 unspecified atom stereocenters. The van der Waals surface area contributed by atoms with Crippen LogP contribution in [0.1, 0.15) is 6.42 Å². The molecular weight excluding hydrogens is 208 g/mol. The molecule has 3 amide bonds. The number of carbonyl (C=O) groups is 2. The SMILES string of the molecule is CN(C)CCN1C(=O)NC2(CCNC2)C1=O. The number of urea groups is 1. The first-order valence-corrected chi connectivity index (χ1v) is 5.55. The Labute approximate surface area is 95.0 Å². The fourth-order valence-corrected chi connectivity index (χ4v) is 2.16. The van der Waals surface area contributed by atoms with Crippen molar-refractivity contribution in [1.82, 2.24) is 20.4 Å². The highest BCUT2D eigenvalue weighted by Gasteiger charge is 2.52. The summed E-state index contributed by atoms with van der Waals surface area (Å²) < 4.78 is 0. The van der Waals surface area contributed by atoms with Crippen LogP contribution in [0.15, 0.2) is 0 Å². The molecule has 6 heteroatoms. The molecule has 6 nitrogen and oxygen atoms in total. The molecule has 2 rings (SSSR count). The van der Waals surface area contributed by atoms with Crippen LogP contribution in [0, 0.1) is 0 Å². The minimum atomic E-state index is -0.663. The lowest BCUT2D eigenvalue weighted by Gasteiger charge is -2.20. The zero-order chi connectivity index (χ0) is 11.8. The molecule has 90 valence electrons. The third-order valence-corrected chi connectivity index (χ3v) is 3.17. The molecule has 2 saturated heterocycles. The largest absolute Gasteiger partial charge is 0.325 e. The van der Waals surface area contributed by atoms with Gasteiger partial charge in [-0.3, -0.25) is 9.69 Å². The van der Waals surface area contributed by atoms with Crippen molar-refractivity contribution >= 4 is 11.9 Å². The third-order valence-electron chi connectivity index (χ3n) is 3.17. The fourth-order valence-electron chi connectivity index (χ4n) is 2.16. The molecule has 2 N–H and O–H groups in total. The van der Waals surface area contributed by atoms with Crippen molar-refractivity contribution in [2.45, 2.75) is 12.0 Å². The number of rotatable bonds is 3. The van der Waals surface area contributed by atoms with Gasteiger partial charge in [-0.15, -0.1) is 0 Å². The van der Waals surface area contributed by atoms with Gasteiger partial charge >= 0.3 is 6.03 Å². The monoisotopic (exact) mass is 226 g/mol. The Morgan fingerprint density at radius 3 is 2.75 bits per heavy atom. The van der Waals surface area contributed by atoms with E-state index in [0.717, 1.165) is 6.54 Å². The molecule has 0 aromatic rings. The number of amides is 3. The summed E-state index contributed by atoms with van der Waals surface area (Å²) in [7, 11) is 3.84. The maximum absolute atomic E-state index is 12.1. The van der Waals surface area contributed by atoms with Gasteiger partial charge in [0.15, 0.2) is 0 Å². The van der Waals surface area contributed by atoms with E-state index >= 15 is 0 Å². The van der Waals surface area contributed by atoms with Gasteiger partial charge in [-0.1, -0.05) is 0 Å². The molecule has 1 spiro atoms. The first-order valence-electron chi connectivity index (χ1n) is 5.55. The van der Waals surface area contributed by atoms with Gasteiger partial charge in [-0.25, -0.2) is 4.79 Å². The number of nitrogens with one attached hydrogen (secondary N) is 2. The van der Waals surface area contributed by atoms with Gasteiger partial charge in [0.05, 0.1) is 0 Å². The molecule has 0 saturated carbocycles. The molecule has 16 heavy (non-hydrogen) atoms. The molecule has 2 fully saturated rings. The molecule has 2 heterocycles. The Kier molecular flexibility index (Phi) is 2.86. The number of carbonyl (C=O) groups excluding carboxylic acids is 2. The smallest absolute Gasteiger partial charge is 0.322 e. The summed E-state index contributed by atoms with van der Waals surface area (Å²) in [5, 5.41) is 5.93. The van der Waals surface area contributed by atoms with E-state index < -0.39 is 5.54 Å². The summed E-state index contributed by atoms with van der Waals surface area (Å²) in [5.41, 5.74) is -0.663. The number of nitrogens with zero attached hydrogens (tertiary/aromatic N) is 2. The van der Waals surface area contributed by atoms with E-state index in [1.54, 1.807) is 0 Å². The van der Waals surface area contributed by atoms with Gasteiger partial charge in [0.1, 0.15) is 5.54 Å². The van der Waals surface area contributed by atoms with Crippen LogP contribution in [0.4, 0.5) is 4.79 Å². The Bertz CT molecular complexity index is 310. The Hall–Kier alpha value is -1.14. The number of hydrogen-bond acceptors (Lipinski definition) is 4. The topological polar surface area (TPSA) is 64.7 Å². The Morgan fingerprint density at radius 2 is 2.19 bits per heavy atom. The second kappa shape index (κ2) is 4.03. The van der Waals surface area contributed by atoms with Crippen molar-refractivity contribution in [1.29, 1.82) is 0 Å². The lowest BCUT2D eigenvalue weighted by atomic mass is 9.99. The van der Waals surface area contributed by atoms with Gasteiger partial charge in [-0.05, 0) is 27.1 Å². The molecule has 0 aliphatic carbocycles. The molecule has 0 radical (unpaired) electrons. The summed E-state index contributed by atoms with van der Waals surface area (Å²) in [6, 6.07) is -0.254. The Morgan fingerprint density at radius 1 is 1.44 bits per heavy atom. The molecule has 2 aliphatic rings. The predicted molar refractivity (Wildman–Crippen MR) is 59.0 cm³/mol. The predicted octanol–water partition coefficient (Wildman–Crippen LogP) is -1.17. The van der Waals surface area contributed by atoms with Crippen LogP contribution < -0.4 is 10.6 Å². The van der Waals surface area contributed by atoms with Crippen LogP contribution in [0.25, 0.3) is 0 Å². The van der Waals surface area contributed by atoms with Gasteiger partial charge in [-0.2, -0.15) is 0 Å². The average molecular weight is 226 g/mol. The van der Waals surface area contributed by atoms with Crippen molar-refractivity contribution in [3.05, 3.63) is 0 Å². The van der Waals surface area contributed by atoms with Gasteiger partial charge in [0.2, 0.25) is 0 Å². The van der Waals surface area contributed by atoms with Crippen molar-refractivity contribution in [3.63, 3.8) is 0 Å². The van der Waals surface area contributed by atoms with E-state index in [1.807, 2.05) is 19.0 Å². The molecule has 0 aromatic heterocycles. The lowest BCUT2D eigenvalue weighted by molar-refractivity contribution is -0.130. The van der Waals surface area contributed by atoms with Crippen molar-refractivity contribution in [2.24, 2.45) is 0 Å². The van der Waals surface area contributed by atoms with E-state index in [1.165, 1.54) is 4.90 Å². The van der Waals surface area contributed by atoms with Crippen LogP contribution in [0.5, 0.6) is 0 Å². The third kappa shape index (κ3) is 1.78. The van der Waals surface area contributed by atoms with Gasteiger partial charge in [0, 0.05) is 19.6 Å². The van der Waals surface area contributed by atoms with Crippen LogP contribution in [-0.4, -0.2) is 67.6 Å². The lowest BCUT2D eigenvalue weighted by Crippen LogP contribution is -2.49. The highest BCUT2D eigenvalue weighted by Crippen LogP contribution is 2.23. The molecule has 0 aromatic carbocycles. The number of likely N-dealkylation sites (N-methyl/N-ethyl adjacent to an activating group) is 1. The zero-order valence-electron chi connectivity index (χ0n) is 9.75. The molecular formula is C10H18N4O2. The Balaban J connectivity index is 2.05. The molecule has 0 bridgehead atoms. The maximum atomic E-state index is 12.1. The highest BCUT2D eigenvalue weighted by atomic mass is 16.2. The zero-order valence-corrected chi connectivity index (χ0v) is 9.75. The van der Waals surface area contributed by atoms with Crippen LogP contribution in [-0.2, 0) is 4.79 Å². The van der Waals surface area contributed by atoms with Crippen LogP contribution >= 0.6 is 0 Å². The summed E-state index contributed by atoms with van der Waals surface area (Å²) in [4.78, 5) is 27.1. The molecule has 2 aliphatic heterocycles.